The number of amides is 1. The molecule has 1 atom stereocenters. The maximum atomic E-state index is 12.7. The average Bonchev–Trinajstić information content (AvgIpc) is 2.74. The summed E-state index contributed by atoms with van der Waals surface area (Å²) in [4.78, 5) is 24.4. The molecule has 0 saturated heterocycles. The molecule has 0 spiro atoms. The van der Waals surface area contributed by atoms with Crippen LogP contribution in [0.15, 0.2) is 24.3 Å². The van der Waals surface area contributed by atoms with Crippen LogP contribution in [-0.4, -0.2) is 49.2 Å². The summed E-state index contributed by atoms with van der Waals surface area (Å²) >= 11 is 0. The fourth-order valence-electron chi connectivity index (χ4n) is 3.07. The Labute approximate surface area is 173 Å². The number of methoxy groups -OCH3 is 1. The van der Waals surface area contributed by atoms with Crippen molar-refractivity contribution in [1.29, 1.82) is 5.26 Å². The molecule has 0 aliphatic carbocycles. The molecule has 0 aliphatic rings. The third-order valence-corrected chi connectivity index (χ3v) is 4.71. The van der Waals surface area contributed by atoms with E-state index >= 15 is 0 Å². The summed E-state index contributed by atoms with van der Waals surface area (Å²) in [6.45, 7) is 6.66. The molecule has 7 heteroatoms. The zero-order valence-corrected chi connectivity index (χ0v) is 17.6. The molecule has 2 rings (SSSR count). The number of benzene rings is 1. The number of nitriles is 1. The van der Waals surface area contributed by atoms with Crippen molar-refractivity contribution in [2.75, 3.05) is 38.3 Å². The number of ether oxygens (including phenoxy) is 1. The molecule has 0 saturated carbocycles. The Morgan fingerprint density at radius 1 is 1.17 bits per heavy atom. The minimum atomic E-state index is -1.02. The molecule has 1 heterocycles. The van der Waals surface area contributed by atoms with E-state index < -0.39 is 5.92 Å². The maximum absolute atomic E-state index is 12.7. The van der Waals surface area contributed by atoms with E-state index in [0.717, 1.165) is 44.3 Å². The predicted octanol–water partition coefficient (Wildman–Crippen LogP) is 3.41. The minimum absolute atomic E-state index is 0.346. The molecule has 0 bridgehead atoms. The number of para-hydroxylation sites is 2. The molecule has 1 aromatic carbocycles. The Kier molecular flexibility index (Phi) is 9.32. The molecule has 29 heavy (non-hydrogen) atoms. The molecule has 0 aliphatic heterocycles. The van der Waals surface area contributed by atoms with Crippen LogP contribution in [0.25, 0.3) is 11.0 Å². The largest absolute Gasteiger partial charge is 0.383 e. The van der Waals surface area contributed by atoms with Crippen molar-refractivity contribution in [3.05, 3.63) is 30.0 Å². The van der Waals surface area contributed by atoms with Gasteiger partial charge < -0.3 is 15.0 Å². The smallest absolute Gasteiger partial charge is 0.243 e. The SMILES string of the molecule is CCCCN(CCCC)c1nc2ccccc2nc1[C@H](C#N)C(=O)NCCOC. The predicted molar refractivity (Wildman–Crippen MR) is 115 cm³/mol. The quantitative estimate of drug-likeness (QED) is 0.552. The van der Waals surface area contributed by atoms with E-state index in [2.05, 4.69) is 30.1 Å². The van der Waals surface area contributed by atoms with Crippen LogP contribution in [-0.2, 0) is 9.53 Å². The van der Waals surface area contributed by atoms with Crippen LogP contribution in [0.2, 0.25) is 0 Å². The molecule has 2 aromatic rings. The second-order valence-electron chi connectivity index (χ2n) is 6.96. The first kappa shape index (κ1) is 22.6. The van der Waals surface area contributed by atoms with Crippen molar-refractivity contribution in [3.63, 3.8) is 0 Å². The molecule has 0 unspecified atom stereocenters. The van der Waals surface area contributed by atoms with Crippen LogP contribution in [0.4, 0.5) is 5.82 Å². The summed E-state index contributed by atoms with van der Waals surface area (Å²) < 4.78 is 4.99. The summed E-state index contributed by atoms with van der Waals surface area (Å²) in [6.07, 6.45) is 4.13. The van der Waals surface area contributed by atoms with Gasteiger partial charge >= 0.3 is 0 Å². The number of hydrogen-bond acceptors (Lipinski definition) is 6. The van der Waals surface area contributed by atoms with Gasteiger partial charge in [-0.2, -0.15) is 5.26 Å². The Hall–Kier alpha value is -2.72. The van der Waals surface area contributed by atoms with Crippen molar-refractivity contribution < 1.29 is 9.53 Å². The first-order valence-corrected chi connectivity index (χ1v) is 10.3. The van der Waals surface area contributed by atoms with Gasteiger partial charge in [-0.25, -0.2) is 9.97 Å². The van der Waals surface area contributed by atoms with Crippen molar-refractivity contribution in [1.82, 2.24) is 15.3 Å². The van der Waals surface area contributed by atoms with Crippen molar-refractivity contribution in [2.45, 2.75) is 45.4 Å². The monoisotopic (exact) mass is 397 g/mol. The highest BCUT2D eigenvalue weighted by Gasteiger charge is 2.28. The van der Waals surface area contributed by atoms with E-state index in [4.69, 9.17) is 14.7 Å². The fourth-order valence-corrected chi connectivity index (χ4v) is 3.07. The number of fused-ring (bicyclic) bond motifs is 1. The Bertz CT molecular complexity index is 826. The first-order chi connectivity index (χ1) is 14.2. The van der Waals surface area contributed by atoms with Crippen molar-refractivity contribution >= 4 is 22.8 Å². The second-order valence-corrected chi connectivity index (χ2v) is 6.96. The number of rotatable bonds is 12. The summed E-state index contributed by atoms with van der Waals surface area (Å²) in [5.74, 6) is -0.759. The van der Waals surface area contributed by atoms with Gasteiger partial charge in [0.2, 0.25) is 5.91 Å². The number of aromatic nitrogens is 2. The van der Waals surface area contributed by atoms with Gasteiger partial charge in [0.05, 0.1) is 23.7 Å². The second kappa shape index (κ2) is 12.0. The number of anilines is 1. The highest BCUT2D eigenvalue weighted by atomic mass is 16.5. The number of unbranched alkanes of at least 4 members (excludes halogenated alkanes) is 2. The highest BCUT2D eigenvalue weighted by molar-refractivity contribution is 5.88. The highest BCUT2D eigenvalue weighted by Crippen LogP contribution is 2.28. The normalized spacial score (nSPS) is 11.8. The lowest BCUT2D eigenvalue weighted by Crippen LogP contribution is -2.34. The van der Waals surface area contributed by atoms with E-state index in [0.29, 0.717) is 30.2 Å². The number of nitrogens with zero attached hydrogens (tertiary/aromatic N) is 4. The fraction of sp³-hybridized carbons (Fsp3) is 0.545. The standard InChI is InChI=1S/C22H31N5O2/c1-4-6-13-27(14-7-5-2)21-20(17(16-23)22(28)24-12-15-29-3)25-18-10-8-9-11-19(18)26-21/h8-11,17H,4-7,12-15H2,1-3H3,(H,24,28)/t17-/m0/s1. The van der Waals surface area contributed by atoms with Crippen LogP contribution in [0, 0.1) is 11.3 Å². The van der Waals surface area contributed by atoms with Gasteiger partial charge in [0.15, 0.2) is 11.7 Å². The van der Waals surface area contributed by atoms with E-state index in [1.54, 1.807) is 7.11 Å². The van der Waals surface area contributed by atoms with Gasteiger partial charge in [0.25, 0.3) is 0 Å². The van der Waals surface area contributed by atoms with Crippen LogP contribution < -0.4 is 10.2 Å². The Morgan fingerprint density at radius 3 is 2.34 bits per heavy atom. The topological polar surface area (TPSA) is 91.1 Å². The van der Waals surface area contributed by atoms with Crippen molar-refractivity contribution in [2.24, 2.45) is 0 Å². The molecule has 156 valence electrons. The van der Waals surface area contributed by atoms with E-state index in [1.807, 2.05) is 24.3 Å². The van der Waals surface area contributed by atoms with Gasteiger partial charge in [-0.15, -0.1) is 0 Å². The molecule has 1 N–H and O–H groups in total. The van der Waals surface area contributed by atoms with Gasteiger partial charge in [-0.3, -0.25) is 4.79 Å². The van der Waals surface area contributed by atoms with Crippen LogP contribution in [0.5, 0.6) is 0 Å². The van der Waals surface area contributed by atoms with Gasteiger partial charge in [0, 0.05) is 26.7 Å². The summed E-state index contributed by atoms with van der Waals surface area (Å²) in [7, 11) is 1.57. The number of nitrogens with one attached hydrogen (secondary N) is 1. The number of carbonyl (C=O) groups excluding carboxylic acids is 1. The molecule has 0 radical (unpaired) electrons. The van der Waals surface area contributed by atoms with E-state index in [9.17, 15) is 10.1 Å². The lowest BCUT2D eigenvalue weighted by Gasteiger charge is -2.26. The van der Waals surface area contributed by atoms with E-state index in [1.165, 1.54) is 0 Å². The van der Waals surface area contributed by atoms with Crippen LogP contribution >= 0.6 is 0 Å². The van der Waals surface area contributed by atoms with Gasteiger partial charge in [0.1, 0.15) is 5.69 Å². The molecule has 1 aromatic heterocycles. The molecular formula is C22H31N5O2. The van der Waals surface area contributed by atoms with E-state index in [-0.39, 0.29) is 5.91 Å². The molecule has 7 nitrogen and oxygen atoms in total. The van der Waals surface area contributed by atoms with Crippen LogP contribution in [0.1, 0.15) is 51.1 Å². The third kappa shape index (κ3) is 6.13. The summed E-state index contributed by atoms with van der Waals surface area (Å²) in [5.41, 5.74) is 1.87. The van der Waals surface area contributed by atoms with Crippen molar-refractivity contribution in [3.8, 4) is 6.07 Å². The zero-order chi connectivity index (χ0) is 21.1. The van der Waals surface area contributed by atoms with Gasteiger partial charge in [-0.1, -0.05) is 38.8 Å². The zero-order valence-electron chi connectivity index (χ0n) is 17.6. The third-order valence-electron chi connectivity index (χ3n) is 4.71. The number of carbonyl (C=O) groups is 1. The number of hydrogen-bond donors (Lipinski definition) is 1. The Balaban J connectivity index is 2.50. The van der Waals surface area contributed by atoms with Crippen LogP contribution in [0.3, 0.4) is 0 Å². The van der Waals surface area contributed by atoms with Gasteiger partial charge in [-0.05, 0) is 25.0 Å². The average molecular weight is 398 g/mol. The minimum Gasteiger partial charge on any atom is -0.383 e. The Morgan fingerprint density at radius 2 is 1.79 bits per heavy atom. The molecular weight excluding hydrogens is 366 g/mol. The lowest BCUT2D eigenvalue weighted by molar-refractivity contribution is -0.121. The maximum Gasteiger partial charge on any atom is 0.243 e. The lowest BCUT2D eigenvalue weighted by atomic mass is 10.0. The first-order valence-electron chi connectivity index (χ1n) is 10.3. The molecule has 0 fully saturated rings. The molecule has 1 amide bonds. The summed E-state index contributed by atoms with van der Waals surface area (Å²) in [6, 6.07) is 9.70. The summed E-state index contributed by atoms with van der Waals surface area (Å²) in [5, 5.41) is 12.6.